The lowest BCUT2D eigenvalue weighted by atomic mass is 10.0. The van der Waals surface area contributed by atoms with Crippen LogP contribution in [-0.4, -0.2) is 53.9 Å². The van der Waals surface area contributed by atoms with E-state index >= 15 is 0 Å². The zero-order valence-corrected chi connectivity index (χ0v) is 24.9. The van der Waals surface area contributed by atoms with E-state index in [-0.39, 0.29) is 15.8 Å². The van der Waals surface area contributed by atoms with Crippen LogP contribution < -0.4 is 15.2 Å². The summed E-state index contributed by atoms with van der Waals surface area (Å²) in [5, 5.41) is 12.3. The predicted molar refractivity (Wildman–Crippen MR) is 155 cm³/mol. The van der Waals surface area contributed by atoms with Crippen LogP contribution in [0.3, 0.4) is 0 Å². The van der Waals surface area contributed by atoms with Crippen molar-refractivity contribution >= 4 is 61.4 Å². The molecule has 16 heteroatoms. The van der Waals surface area contributed by atoms with Crippen molar-refractivity contribution in [1.29, 1.82) is 0 Å². The number of nitrogens with two attached hydrogens (primary N) is 1. The van der Waals surface area contributed by atoms with Gasteiger partial charge >= 0.3 is 12.1 Å². The van der Waals surface area contributed by atoms with Crippen molar-refractivity contribution in [3.05, 3.63) is 70.1 Å². The number of carbonyl (C=O) groups is 2. The highest BCUT2D eigenvalue weighted by molar-refractivity contribution is 7.94. The summed E-state index contributed by atoms with van der Waals surface area (Å²) < 4.78 is 68.0. The van der Waals surface area contributed by atoms with Gasteiger partial charge in [0.25, 0.3) is 10.0 Å². The lowest BCUT2D eigenvalue weighted by molar-refractivity contribution is -0.192. The Kier molecular flexibility index (Phi) is 9.39. The lowest BCUT2D eigenvalue weighted by Gasteiger charge is -2.09. The number of carbonyl (C=O) groups excluding carboxylic acids is 1. The number of aryl methyl sites for hydroxylation is 1. The van der Waals surface area contributed by atoms with E-state index in [1.165, 1.54) is 19.2 Å². The number of aliphatic carboxylic acids is 1. The Hall–Kier alpha value is -3.66. The minimum atomic E-state index is -5.08. The highest BCUT2D eigenvalue weighted by Crippen LogP contribution is 2.36. The van der Waals surface area contributed by atoms with Crippen molar-refractivity contribution in [2.75, 3.05) is 11.8 Å². The fourth-order valence-corrected chi connectivity index (χ4v) is 6.65. The molecule has 1 aliphatic rings. The van der Waals surface area contributed by atoms with Crippen molar-refractivity contribution in [2.24, 2.45) is 5.73 Å². The van der Waals surface area contributed by atoms with Crippen LogP contribution in [-0.2, 0) is 32.6 Å². The standard InChI is InChI=1S/C25H25ClN4O4S2.C2HF3O2/c1-34-19-7-3-6-18-23(19)24(29-36(32,33)22-11-10-21(26)35-22)28-30(18)15-17-5-2-4-16(14-17)8-9-20(31)25(27)12-13-25;3-2(4,5)1(6)7/h2-7,10-11,14H,8-9,12-13,15,27H2,1H3,(H,28,29);(H,6,7). The van der Waals surface area contributed by atoms with Gasteiger partial charge in [0.15, 0.2) is 11.6 Å². The zero-order valence-electron chi connectivity index (χ0n) is 22.5. The van der Waals surface area contributed by atoms with Gasteiger partial charge < -0.3 is 15.6 Å². The van der Waals surface area contributed by atoms with E-state index in [2.05, 4.69) is 9.82 Å². The monoisotopic (exact) mass is 658 g/mol. The number of benzene rings is 2. The Morgan fingerprint density at radius 3 is 2.40 bits per heavy atom. The van der Waals surface area contributed by atoms with Crippen LogP contribution in [0, 0.1) is 0 Å². The highest BCUT2D eigenvalue weighted by Gasteiger charge is 2.44. The van der Waals surface area contributed by atoms with Crippen molar-refractivity contribution in [3.63, 3.8) is 0 Å². The number of thiophene rings is 1. The molecule has 0 amide bonds. The first-order valence-corrected chi connectivity index (χ1v) is 15.3. The van der Waals surface area contributed by atoms with Gasteiger partial charge in [0, 0.05) is 6.42 Å². The molecule has 0 bridgehead atoms. The minimum Gasteiger partial charge on any atom is -0.496 e. The van der Waals surface area contributed by atoms with Gasteiger partial charge in [-0.25, -0.2) is 13.2 Å². The number of fused-ring (bicyclic) bond motifs is 1. The van der Waals surface area contributed by atoms with Crippen LogP contribution in [0.1, 0.15) is 30.4 Å². The molecule has 4 aromatic rings. The van der Waals surface area contributed by atoms with Gasteiger partial charge in [0.1, 0.15) is 9.96 Å². The van der Waals surface area contributed by atoms with E-state index in [1.54, 1.807) is 10.7 Å². The summed E-state index contributed by atoms with van der Waals surface area (Å²) in [5.41, 5.74) is 8.14. The average Bonchev–Trinajstić information content (AvgIpc) is 3.39. The number of halogens is 4. The SMILES string of the molecule is COc1cccc2c1c(NS(=O)(=O)c1ccc(Cl)s1)nn2Cc1cccc(CCC(=O)C2(N)CC2)c1.O=C(O)C(F)(F)F. The molecular weight excluding hydrogens is 633 g/mol. The van der Waals surface area contributed by atoms with E-state index < -0.39 is 27.7 Å². The van der Waals surface area contributed by atoms with Crippen LogP contribution in [0.25, 0.3) is 10.9 Å². The summed E-state index contributed by atoms with van der Waals surface area (Å²) in [7, 11) is -2.36. The molecule has 230 valence electrons. The molecule has 2 heterocycles. The third-order valence-electron chi connectivity index (χ3n) is 6.56. The van der Waals surface area contributed by atoms with Crippen molar-refractivity contribution in [3.8, 4) is 5.75 Å². The molecule has 2 aromatic heterocycles. The van der Waals surface area contributed by atoms with Crippen LogP contribution in [0.15, 0.2) is 58.8 Å². The fraction of sp³-hybridized carbons (Fsp3) is 0.296. The normalized spacial score (nSPS) is 14.1. The van der Waals surface area contributed by atoms with Gasteiger partial charge in [-0.3, -0.25) is 14.2 Å². The molecular formula is C27H26ClF3N4O6S2. The summed E-state index contributed by atoms with van der Waals surface area (Å²) in [6, 6.07) is 16.4. The summed E-state index contributed by atoms with van der Waals surface area (Å²) in [5.74, 6) is -1.97. The van der Waals surface area contributed by atoms with Gasteiger partial charge in [-0.2, -0.15) is 18.3 Å². The Morgan fingerprint density at radius 1 is 1.16 bits per heavy atom. The Morgan fingerprint density at radius 2 is 1.81 bits per heavy atom. The molecule has 1 fully saturated rings. The summed E-state index contributed by atoms with van der Waals surface area (Å²) in [6.07, 6.45) is -2.51. The number of methoxy groups -OCH3 is 1. The van der Waals surface area contributed by atoms with Crippen molar-refractivity contribution in [2.45, 2.75) is 48.2 Å². The van der Waals surface area contributed by atoms with E-state index in [9.17, 15) is 26.4 Å². The Balaban J connectivity index is 0.000000541. The van der Waals surface area contributed by atoms with Gasteiger partial charge in [0.2, 0.25) is 0 Å². The fourth-order valence-electron chi connectivity index (χ4n) is 4.16. The topological polar surface area (TPSA) is 154 Å². The van der Waals surface area contributed by atoms with Gasteiger partial charge in [-0.1, -0.05) is 41.9 Å². The average molecular weight is 659 g/mol. The van der Waals surface area contributed by atoms with Crippen LogP contribution in [0.4, 0.5) is 19.0 Å². The number of anilines is 1. The van der Waals surface area contributed by atoms with Crippen LogP contribution in [0.2, 0.25) is 4.34 Å². The van der Waals surface area contributed by atoms with E-state index in [4.69, 9.17) is 32.0 Å². The number of aromatic nitrogens is 2. The Bertz CT molecular complexity index is 1770. The second-order valence-electron chi connectivity index (χ2n) is 9.73. The molecule has 2 aromatic carbocycles. The number of sulfonamides is 1. The molecule has 0 saturated heterocycles. The molecule has 1 aliphatic carbocycles. The quantitative estimate of drug-likeness (QED) is 0.209. The number of carboxylic acid groups (broad SMARTS) is 1. The lowest BCUT2D eigenvalue weighted by Crippen LogP contribution is -2.32. The second-order valence-corrected chi connectivity index (χ2v) is 13.4. The number of hydrogen-bond donors (Lipinski definition) is 3. The molecule has 0 spiro atoms. The first-order valence-electron chi connectivity index (χ1n) is 12.6. The van der Waals surface area contributed by atoms with Gasteiger partial charge in [0.05, 0.1) is 34.4 Å². The van der Waals surface area contributed by atoms with Crippen LogP contribution >= 0.6 is 22.9 Å². The largest absolute Gasteiger partial charge is 0.496 e. The van der Waals surface area contributed by atoms with Crippen molar-refractivity contribution < 1.29 is 41.0 Å². The van der Waals surface area contributed by atoms with E-state index in [1.807, 2.05) is 36.4 Å². The molecule has 4 N–H and O–H groups in total. The molecule has 43 heavy (non-hydrogen) atoms. The van der Waals surface area contributed by atoms with Gasteiger partial charge in [-0.05, 0) is 54.7 Å². The van der Waals surface area contributed by atoms with Crippen molar-refractivity contribution in [1.82, 2.24) is 9.78 Å². The van der Waals surface area contributed by atoms with Crippen LogP contribution in [0.5, 0.6) is 5.75 Å². The number of ether oxygens (including phenoxy) is 1. The van der Waals surface area contributed by atoms with E-state index in [0.717, 1.165) is 40.8 Å². The summed E-state index contributed by atoms with van der Waals surface area (Å²) >= 11 is 6.92. The number of rotatable bonds is 10. The smallest absolute Gasteiger partial charge is 0.490 e. The molecule has 0 aliphatic heterocycles. The second kappa shape index (κ2) is 12.5. The molecule has 1 saturated carbocycles. The molecule has 0 atom stereocenters. The number of Topliss-reactive ketones (excluding diaryl/α,β-unsaturated/α-hetero) is 1. The number of hydrogen-bond acceptors (Lipinski definition) is 8. The molecule has 5 rings (SSSR count). The number of nitrogens with zero attached hydrogens (tertiary/aromatic N) is 2. The Labute approximate surface area is 253 Å². The molecule has 0 radical (unpaired) electrons. The highest BCUT2D eigenvalue weighted by atomic mass is 35.5. The number of ketones is 1. The number of alkyl halides is 3. The van der Waals surface area contributed by atoms with E-state index in [0.29, 0.717) is 34.9 Å². The molecule has 0 unspecified atom stereocenters. The first-order chi connectivity index (χ1) is 20.1. The third-order valence-corrected chi connectivity index (χ3v) is 9.62. The maximum atomic E-state index is 13.0. The maximum Gasteiger partial charge on any atom is 0.490 e. The zero-order chi connectivity index (χ0) is 31.6. The number of nitrogens with one attached hydrogen (secondary N) is 1. The maximum absolute atomic E-state index is 13.0. The number of carboxylic acids is 1. The first kappa shape index (κ1) is 32.3. The third kappa shape index (κ3) is 7.84. The molecule has 10 nitrogen and oxygen atoms in total. The minimum absolute atomic E-state index is 0.0952. The predicted octanol–water partition coefficient (Wildman–Crippen LogP) is 5.24. The summed E-state index contributed by atoms with van der Waals surface area (Å²) in [4.78, 5) is 21.2. The van der Waals surface area contributed by atoms with Gasteiger partial charge in [-0.15, -0.1) is 11.3 Å². The summed E-state index contributed by atoms with van der Waals surface area (Å²) in [6.45, 7) is 0.402.